The summed E-state index contributed by atoms with van der Waals surface area (Å²) in [6.45, 7) is 2.81. The van der Waals surface area contributed by atoms with Crippen molar-refractivity contribution in [2.24, 2.45) is 0 Å². The Morgan fingerprint density at radius 1 is 1.43 bits per heavy atom. The van der Waals surface area contributed by atoms with E-state index in [1.807, 2.05) is 17.7 Å². The number of hydrogen-bond donors (Lipinski definition) is 1. The van der Waals surface area contributed by atoms with Crippen LogP contribution in [0.3, 0.4) is 0 Å². The molecule has 2 rings (SSSR count). The number of nitrogens with two attached hydrogens (primary N) is 1. The molecule has 2 N–H and O–H groups in total. The Labute approximate surface area is 81.6 Å². The van der Waals surface area contributed by atoms with E-state index in [1.54, 1.807) is 12.3 Å². The number of pyridine rings is 1. The SMILES string of the molecule is CCn1ncnc1-c1ccnc(N)c1. The van der Waals surface area contributed by atoms with E-state index in [-0.39, 0.29) is 0 Å². The fourth-order valence-electron chi connectivity index (χ4n) is 1.31. The van der Waals surface area contributed by atoms with Gasteiger partial charge in [-0.05, 0) is 19.1 Å². The van der Waals surface area contributed by atoms with Crippen LogP contribution in [0.1, 0.15) is 6.92 Å². The quantitative estimate of drug-likeness (QED) is 0.763. The van der Waals surface area contributed by atoms with E-state index in [0.717, 1.165) is 17.9 Å². The van der Waals surface area contributed by atoms with Crippen LogP contribution in [0, 0.1) is 0 Å². The van der Waals surface area contributed by atoms with Gasteiger partial charge in [-0.3, -0.25) is 0 Å². The lowest BCUT2D eigenvalue weighted by Crippen LogP contribution is -2.00. The molecular weight excluding hydrogens is 178 g/mol. The van der Waals surface area contributed by atoms with E-state index >= 15 is 0 Å². The van der Waals surface area contributed by atoms with Gasteiger partial charge in [0.15, 0.2) is 5.82 Å². The zero-order chi connectivity index (χ0) is 9.97. The molecule has 0 aliphatic carbocycles. The molecule has 2 aromatic heterocycles. The molecule has 0 atom stereocenters. The van der Waals surface area contributed by atoms with Gasteiger partial charge >= 0.3 is 0 Å². The molecule has 0 aliphatic heterocycles. The van der Waals surface area contributed by atoms with Crippen LogP contribution in [0.2, 0.25) is 0 Å². The fraction of sp³-hybridized carbons (Fsp3) is 0.222. The van der Waals surface area contributed by atoms with E-state index in [2.05, 4.69) is 15.1 Å². The van der Waals surface area contributed by atoms with E-state index < -0.39 is 0 Å². The molecule has 2 heterocycles. The molecule has 0 saturated carbocycles. The van der Waals surface area contributed by atoms with Gasteiger partial charge in [0.25, 0.3) is 0 Å². The van der Waals surface area contributed by atoms with Crippen LogP contribution in [0.25, 0.3) is 11.4 Å². The summed E-state index contributed by atoms with van der Waals surface area (Å²) in [7, 11) is 0. The van der Waals surface area contributed by atoms with Crippen LogP contribution in [0.15, 0.2) is 24.7 Å². The van der Waals surface area contributed by atoms with Crippen LogP contribution in [0.5, 0.6) is 0 Å². The second-order valence-corrected chi connectivity index (χ2v) is 2.87. The van der Waals surface area contributed by atoms with Gasteiger partial charge in [-0.1, -0.05) is 0 Å². The van der Waals surface area contributed by atoms with Gasteiger partial charge < -0.3 is 5.73 Å². The van der Waals surface area contributed by atoms with E-state index in [9.17, 15) is 0 Å². The highest BCUT2D eigenvalue weighted by Gasteiger charge is 2.05. The van der Waals surface area contributed by atoms with Crippen molar-refractivity contribution in [2.75, 3.05) is 5.73 Å². The Kier molecular flexibility index (Phi) is 2.14. The van der Waals surface area contributed by atoms with Gasteiger partial charge in [0.1, 0.15) is 12.1 Å². The van der Waals surface area contributed by atoms with Crippen LogP contribution < -0.4 is 5.73 Å². The highest BCUT2D eigenvalue weighted by molar-refractivity contribution is 5.58. The molecule has 0 radical (unpaired) electrons. The Hall–Kier alpha value is -1.91. The smallest absolute Gasteiger partial charge is 0.158 e. The number of rotatable bonds is 2. The van der Waals surface area contributed by atoms with Crippen LogP contribution in [-0.2, 0) is 6.54 Å². The summed E-state index contributed by atoms with van der Waals surface area (Å²) in [6, 6.07) is 3.66. The zero-order valence-corrected chi connectivity index (χ0v) is 7.88. The standard InChI is InChI=1S/C9H11N5/c1-2-14-9(12-6-13-14)7-3-4-11-8(10)5-7/h3-6H,2H2,1H3,(H2,10,11). The predicted octanol–water partition coefficient (Wildman–Crippen LogP) is 0.942. The highest BCUT2D eigenvalue weighted by atomic mass is 15.3. The van der Waals surface area contributed by atoms with Crippen molar-refractivity contribution in [3.63, 3.8) is 0 Å². The Balaban J connectivity index is 2.49. The number of nitrogen functional groups attached to an aromatic ring is 1. The first-order valence-electron chi connectivity index (χ1n) is 4.41. The summed E-state index contributed by atoms with van der Waals surface area (Å²) < 4.78 is 1.81. The number of hydrogen-bond acceptors (Lipinski definition) is 4. The number of aromatic nitrogens is 4. The third-order valence-electron chi connectivity index (χ3n) is 1.95. The van der Waals surface area contributed by atoms with E-state index in [0.29, 0.717) is 5.82 Å². The minimum atomic E-state index is 0.494. The molecule has 0 fully saturated rings. The summed E-state index contributed by atoms with van der Waals surface area (Å²) in [5, 5.41) is 4.09. The molecule has 0 unspecified atom stereocenters. The lowest BCUT2D eigenvalue weighted by molar-refractivity contribution is 0.666. The molecule has 0 bridgehead atoms. The predicted molar refractivity (Wildman–Crippen MR) is 53.3 cm³/mol. The topological polar surface area (TPSA) is 69.6 Å². The van der Waals surface area contributed by atoms with Crippen molar-refractivity contribution in [3.05, 3.63) is 24.7 Å². The Bertz CT molecular complexity index is 434. The molecule has 0 aliphatic rings. The summed E-state index contributed by atoms with van der Waals surface area (Å²) in [5.41, 5.74) is 6.53. The molecule has 5 heteroatoms. The van der Waals surface area contributed by atoms with Crippen molar-refractivity contribution in [1.29, 1.82) is 0 Å². The molecule has 0 aromatic carbocycles. The van der Waals surface area contributed by atoms with Crippen molar-refractivity contribution < 1.29 is 0 Å². The summed E-state index contributed by atoms with van der Waals surface area (Å²) >= 11 is 0. The molecule has 5 nitrogen and oxygen atoms in total. The first kappa shape index (κ1) is 8.68. The summed E-state index contributed by atoms with van der Waals surface area (Å²) in [6.07, 6.45) is 3.20. The maximum Gasteiger partial charge on any atom is 0.158 e. The molecule has 0 saturated heterocycles. The third kappa shape index (κ3) is 1.44. The normalized spacial score (nSPS) is 10.4. The molecule has 2 aromatic rings. The highest BCUT2D eigenvalue weighted by Crippen LogP contribution is 2.16. The van der Waals surface area contributed by atoms with E-state index in [1.165, 1.54) is 6.33 Å². The van der Waals surface area contributed by atoms with Crippen LogP contribution >= 0.6 is 0 Å². The first-order valence-corrected chi connectivity index (χ1v) is 4.41. The zero-order valence-electron chi connectivity index (χ0n) is 7.88. The molecule has 0 spiro atoms. The average molecular weight is 189 g/mol. The molecular formula is C9H11N5. The Morgan fingerprint density at radius 2 is 2.29 bits per heavy atom. The third-order valence-corrected chi connectivity index (χ3v) is 1.95. The maximum absolute atomic E-state index is 5.59. The average Bonchev–Trinajstić information content (AvgIpc) is 2.65. The number of nitrogens with zero attached hydrogens (tertiary/aromatic N) is 4. The van der Waals surface area contributed by atoms with Crippen molar-refractivity contribution in [2.45, 2.75) is 13.5 Å². The van der Waals surface area contributed by atoms with Crippen molar-refractivity contribution >= 4 is 5.82 Å². The Morgan fingerprint density at radius 3 is 3.00 bits per heavy atom. The largest absolute Gasteiger partial charge is 0.384 e. The minimum absolute atomic E-state index is 0.494. The molecule has 0 amide bonds. The second-order valence-electron chi connectivity index (χ2n) is 2.87. The summed E-state index contributed by atoms with van der Waals surface area (Å²) in [4.78, 5) is 8.09. The van der Waals surface area contributed by atoms with Gasteiger partial charge in [-0.2, -0.15) is 5.10 Å². The van der Waals surface area contributed by atoms with Gasteiger partial charge in [0, 0.05) is 18.3 Å². The second kappa shape index (κ2) is 3.45. The van der Waals surface area contributed by atoms with Crippen LogP contribution in [-0.4, -0.2) is 19.7 Å². The lowest BCUT2D eigenvalue weighted by Gasteiger charge is -2.02. The monoisotopic (exact) mass is 189 g/mol. The van der Waals surface area contributed by atoms with E-state index in [4.69, 9.17) is 5.73 Å². The lowest BCUT2D eigenvalue weighted by atomic mass is 10.2. The summed E-state index contributed by atoms with van der Waals surface area (Å²) in [5.74, 6) is 1.31. The van der Waals surface area contributed by atoms with Gasteiger partial charge in [-0.25, -0.2) is 14.6 Å². The van der Waals surface area contributed by atoms with Crippen molar-refractivity contribution in [3.8, 4) is 11.4 Å². The number of aryl methyl sites for hydroxylation is 1. The minimum Gasteiger partial charge on any atom is -0.384 e. The first-order chi connectivity index (χ1) is 6.81. The van der Waals surface area contributed by atoms with Gasteiger partial charge in [0.05, 0.1) is 0 Å². The molecule has 14 heavy (non-hydrogen) atoms. The van der Waals surface area contributed by atoms with Crippen molar-refractivity contribution in [1.82, 2.24) is 19.7 Å². The van der Waals surface area contributed by atoms with Gasteiger partial charge in [-0.15, -0.1) is 0 Å². The van der Waals surface area contributed by atoms with Gasteiger partial charge in [0.2, 0.25) is 0 Å². The maximum atomic E-state index is 5.59. The fourth-order valence-corrected chi connectivity index (χ4v) is 1.31. The molecule has 72 valence electrons. The van der Waals surface area contributed by atoms with Crippen LogP contribution in [0.4, 0.5) is 5.82 Å². The number of anilines is 1.